The van der Waals surface area contributed by atoms with Gasteiger partial charge in [-0.15, -0.1) is 0 Å². The summed E-state index contributed by atoms with van der Waals surface area (Å²) in [7, 11) is 0. The molecular formula is C19H20N2O3. The zero-order valence-corrected chi connectivity index (χ0v) is 13.6. The number of nitrogens with zero attached hydrogens (tertiary/aromatic N) is 1. The van der Waals surface area contributed by atoms with Crippen molar-refractivity contribution < 1.29 is 14.3 Å². The first-order chi connectivity index (χ1) is 11.7. The molecule has 0 unspecified atom stereocenters. The molecule has 1 fully saturated rings. The molecule has 1 heterocycles. The van der Waals surface area contributed by atoms with Crippen molar-refractivity contribution in [1.82, 2.24) is 0 Å². The Kier molecular flexibility index (Phi) is 4.79. The van der Waals surface area contributed by atoms with Gasteiger partial charge in [0.15, 0.2) is 0 Å². The van der Waals surface area contributed by atoms with Gasteiger partial charge in [-0.25, -0.2) is 0 Å². The Labute approximate surface area is 141 Å². The van der Waals surface area contributed by atoms with E-state index in [1.165, 1.54) is 0 Å². The van der Waals surface area contributed by atoms with E-state index in [-0.39, 0.29) is 11.8 Å². The summed E-state index contributed by atoms with van der Waals surface area (Å²) in [5.74, 6) is 0.677. The maximum atomic E-state index is 12.3. The van der Waals surface area contributed by atoms with Crippen molar-refractivity contribution >= 4 is 23.2 Å². The summed E-state index contributed by atoms with van der Waals surface area (Å²) in [6.45, 7) is 3.24. The highest BCUT2D eigenvalue weighted by molar-refractivity contribution is 6.05. The number of hydrogen-bond donors (Lipinski definition) is 1. The summed E-state index contributed by atoms with van der Waals surface area (Å²) < 4.78 is 5.37. The molecule has 5 nitrogen and oxygen atoms in total. The molecule has 0 saturated carbocycles. The zero-order chi connectivity index (χ0) is 16.9. The minimum atomic E-state index is -0.192. The molecule has 0 atom stereocenters. The highest BCUT2D eigenvalue weighted by Crippen LogP contribution is 2.24. The van der Waals surface area contributed by atoms with Gasteiger partial charge in [0.1, 0.15) is 5.75 Å². The summed E-state index contributed by atoms with van der Waals surface area (Å²) in [6, 6.07) is 14.4. The number of anilines is 2. The van der Waals surface area contributed by atoms with Gasteiger partial charge in [-0.3, -0.25) is 9.59 Å². The number of nitrogens with one attached hydrogen (secondary N) is 1. The zero-order valence-electron chi connectivity index (χ0n) is 13.6. The van der Waals surface area contributed by atoms with Crippen LogP contribution >= 0.6 is 0 Å². The molecule has 2 amide bonds. The molecule has 5 heteroatoms. The predicted octanol–water partition coefficient (Wildman–Crippen LogP) is 3.46. The van der Waals surface area contributed by atoms with E-state index in [9.17, 15) is 9.59 Å². The summed E-state index contributed by atoms with van der Waals surface area (Å²) in [6.07, 6.45) is 1.46. The second kappa shape index (κ2) is 7.17. The van der Waals surface area contributed by atoms with Gasteiger partial charge in [0, 0.05) is 29.9 Å². The smallest absolute Gasteiger partial charge is 0.255 e. The third kappa shape index (κ3) is 3.56. The first-order valence-electron chi connectivity index (χ1n) is 8.12. The molecule has 0 bridgehead atoms. The number of benzene rings is 2. The lowest BCUT2D eigenvalue weighted by molar-refractivity contribution is -0.117. The molecule has 0 aromatic heterocycles. The topological polar surface area (TPSA) is 58.6 Å². The van der Waals surface area contributed by atoms with Crippen LogP contribution in [-0.2, 0) is 4.79 Å². The predicted molar refractivity (Wildman–Crippen MR) is 93.6 cm³/mol. The molecule has 2 aromatic rings. The van der Waals surface area contributed by atoms with Crippen molar-refractivity contribution in [2.75, 3.05) is 23.4 Å². The molecule has 24 heavy (non-hydrogen) atoms. The number of carbonyl (C=O) groups excluding carboxylic acids is 2. The second-order valence-electron chi connectivity index (χ2n) is 5.61. The fourth-order valence-corrected chi connectivity index (χ4v) is 2.75. The van der Waals surface area contributed by atoms with Crippen LogP contribution in [0.2, 0.25) is 0 Å². The number of rotatable bonds is 5. The van der Waals surface area contributed by atoms with Gasteiger partial charge in [0.05, 0.1) is 6.61 Å². The molecule has 1 saturated heterocycles. The van der Waals surface area contributed by atoms with Gasteiger partial charge in [-0.2, -0.15) is 0 Å². The largest absolute Gasteiger partial charge is 0.494 e. The Balaban J connectivity index is 1.71. The van der Waals surface area contributed by atoms with Crippen molar-refractivity contribution in [3.63, 3.8) is 0 Å². The Bertz CT molecular complexity index is 741. The van der Waals surface area contributed by atoms with E-state index in [1.54, 1.807) is 29.2 Å². The number of hydrogen-bond acceptors (Lipinski definition) is 3. The van der Waals surface area contributed by atoms with E-state index in [0.29, 0.717) is 24.3 Å². The molecule has 1 aliphatic heterocycles. The Hall–Kier alpha value is -2.82. The maximum Gasteiger partial charge on any atom is 0.255 e. The molecule has 1 N–H and O–H groups in total. The van der Waals surface area contributed by atoms with Gasteiger partial charge in [0.25, 0.3) is 5.91 Å². The molecule has 124 valence electrons. The second-order valence-corrected chi connectivity index (χ2v) is 5.61. The lowest BCUT2D eigenvalue weighted by Crippen LogP contribution is -2.23. The van der Waals surface area contributed by atoms with Crippen LogP contribution in [0.1, 0.15) is 30.1 Å². The van der Waals surface area contributed by atoms with Gasteiger partial charge in [-0.05, 0) is 55.8 Å². The van der Waals surface area contributed by atoms with Crippen molar-refractivity contribution in [3.05, 3.63) is 54.1 Å². The highest BCUT2D eigenvalue weighted by Gasteiger charge is 2.21. The minimum absolute atomic E-state index is 0.130. The van der Waals surface area contributed by atoms with Crippen molar-refractivity contribution in [2.24, 2.45) is 0 Å². The Morgan fingerprint density at radius 2 is 2.00 bits per heavy atom. The average molecular weight is 324 g/mol. The van der Waals surface area contributed by atoms with Crippen LogP contribution in [0.15, 0.2) is 48.5 Å². The fourth-order valence-electron chi connectivity index (χ4n) is 2.75. The van der Waals surface area contributed by atoms with Crippen molar-refractivity contribution in [2.45, 2.75) is 19.8 Å². The van der Waals surface area contributed by atoms with Gasteiger partial charge in [-0.1, -0.05) is 6.07 Å². The third-order valence-corrected chi connectivity index (χ3v) is 3.92. The fraction of sp³-hybridized carbons (Fsp3) is 0.263. The molecule has 0 aliphatic carbocycles. The maximum absolute atomic E-state index is 12.3. The minimum Gasteiger partial charge on any atom is -0.494 e. The monoisotopic (exact) mass is 324 g/mol. The number of ether oxygens (including phenoxy) is 1. The molecule has 1 aliphatic rings. The lowest BCUT2D eigenvalue weighted by Gasteiger charge is -2.16. The average Bonchev–Trinajstić information content (AvgIpc) is 3.02. The first-order valence-corrected chi connectivity index (χ1v) is 8.12. The summed E-state index contributed by atoms with van der Waals surface area (Å²) in [4.78, 5) is 25.9. The highest BCUT2D eigenvalue weighted by atomic mass is 16.5. The normalized spacial score (nSPS) is 13.9. The number of amides is 2. The van der Waals surface area contributed by atoms with E-state index in [2.05, 4.69) is 5.32 Å². The van der Waals surface area contributed by atoms with Crippen molar-refractivity contribution in [3.8, 4) is 5.75 Å². The SMILES string of the molecule is CCOc1ccc(C(=O)Nc2cccc(N3CCCC3=O)c2)cc1. The lowest BCUT2D eigenvalue weighted by atomic mass is 10.2. The quantitative estimate of drug-likeness (QED) is 0.916. The Morgan fingerprint density at radius 1 is 1.21 bits per heavy atom. The molecule has 0 spiro atoms. The van der Waals surface area contributed by atoms with Crippen LogP contribution in [0.3, 0.4) is 0 Å². The summed E-state index contributed by atoms with van der Waals surface area (Å²) in [5.41, 5.74) is 2.05. The third-order valence-electron chi connectivity index (χ3n) is 3.92. The van der Waals surface area contributed by atoms with Gasteiger partial charge in [0.2, 0.25) is 5.91 Å². The number of carbonyl (C=O) groups is 2. The van der Waals surface area contributed by atoms with Crippen LogP contribution in [0, 0.1) is 0 Å². The molecular weight excluding hydrogens is 304 g/mol. The van der Waals surface area contributed by atoms with E-state index in [1.807, 2.05) is 31.2 Å². The summed E-state index contributed by atoms with van der Waals surface area (Å²) >= 11 is 0. The molecule has 2 aromatic carbocycles. The van der Waals surface area contributed by atoms with Crippen LogP contribution in [0.4, 0.5) is 11.4 Å². The van der Waals surface area contributed by atoms with E-state index in [0.717, 1.165) is 24.4 Å². The Morgan fingerprint density at radius 3 is 2.67 bits per heavy atom. The first kappa shape index (κ1) is 16.1. The van der Waals surface area contributed by atoms with Gasteiger partial charge < -0.3 is 15.0 Å². The van der Waals surface area contributed by atoms with Crippen LogP contribution in [0.25, 0.3) is 0 Å². The van der Waals surface area contributed by atoms with E-state index >= 15 is 0 Å². The van der Waals surface area contributed by atoms with E-state index < -0.39 is 0 Å². The molecule has 3 rings (SSSR count). The van der Waals surface area contributed by atoms with Gasteiger partial charge >= 0.3 is 0 Å². The van der Waals surface area contributed by atoms with E-state index in [4.69, 9.17) is 4.74 Å². The standard InChI is InChI=1S/C19H20N2O3/c1-2-24-17-10-8-14(9-11-17)19(23)20-15-5-3-6-16(13-15)21-12-4-7-18(21)22/h3,5-6,8-11,13H,2,4,7,12H2,1H3,(H,20,23). The van der Waals surface area contributed by atoms with Crippen LogP contribution in [0.5, 0.6) is 5.75 Å². The van der Waals surface area contributed by atoms with Crippen molar-refractivity contribution in [1.29, 1.82) is 0 Å². The summed E-state index contributed by atoms with van der Waals surface area (Å²) in [5, 5.41) is 2.87. The van der Waals surface area contributed by atoms with Crippen LogP contribution in [-0.4, -0.2) is 25.0 Å². The van der Waals surface area contributed by atoms with Crippen LogP contribution < -0.4 is 15.0 Å². The molecule has 0 radical (unpaired) electrons.